The van der Waals surface area contributed by atoms with E-state index in [0.29, 0.717) is 0 Å². The van der Waals surface area contributed by atoms with E-state index in [9.17, 15) is 0 Å². The van der Waals surface area contributed by atoms with Gasteiger partial charge in [-0.1, -0.05) is 45.0 Å². The predicted molar refractivity (Wildman–Crippen MR) is 98.4 cm³/mol. The average molecular weight is 302 g/mol. The lowest BCUT2D eigenvalue weighted by atomic mass is 9.85. The first-order chi connectivity index (χ1) is 10.9. The van der Waals surface area contributed by atoms with Gasteiger partial charge in [0.15, 0.2) is 0 Å². The van der Waals surface area contributed by atoms with E-state index in [4.69, 9.17) is 4.98 Å². The van der Waals surface area contributed by atoms with Gasteiger partial charge in [-0.3, -0.25) is 4.40 Å². The molecule has 116 valence electrons. The monoisotopic (exact) mass is 302 g/mol. The highest BCUT2D eigenvalue weighted by Gasteiger charge is 2.20. The zero-order valence-corrected chi connectivity index (χ0v) is 14.4. The number of benzene rings is 2. The van der Waals surface area contributed by atoms with Crippen LogP contribution in [0.5, 0.6) is 0 Å². The molecule has 23 heavy (non-hydrogen) atoms. The van der Waals surface area contributed by atoms with Gasteiger partial charge in [0.1, 0.15) is 5.65 Å². The van der Waals surface area contributed by atoms with E-state index >= 15 is 0 Å². The summed E-state index contributed by atoms with van der Waals surface area (Å²) in [4.78, 5) is 4.93. The molecule has 0 aliphatic carbocycles. The smallest absolute Gasteiger partial charge is 0.145 e. The number of fused-ring (bicyclic) bond motifs is 5. The molecule has 0 radical (unpaired) electrons. The molecule has 4 aromatic rings. The van der Waals surface area contributed by atoms with Gasteiger partial charge in [0.2, 0.25) is 0 Å². The number of hydrogen-bond donors (Lipinski definition) is 0. The summed E-state index contributed by atoms with van der Waals surface area (Å²) in [5, 5.41) is 2.53. The molecule has 0 amide bonds. The Kier molecular flexibility index (Phi) is 2.84. The van der Waals surface area contributed by atoms with Gasteiger partial charge in [0.25, 0.3) is 0 Å². The van der Waals surface area contributed by atoms with Crippen molar-refractivity contribution in [3.63, 3.8) is 0 Å². The second-order valence-corrected chi connectivity index (χ2v) is 7.57. The molecule has 2 aromatic heterocycles. The summed E-state index contributed by atoms with van der Waals surface area (Å²) in [5.74, 6) is 0. The van der Waals surface area contributed by atoms with Crippen molar-refractivity contribution < 1.29 is 0 Å². The summed E-state index contributed by atoms with van der Waals surface area (Å²) in [7, 11) is 0. The summed E-state index contributed by atoms with van der Waals surface area (Å²) in [6.45, 7) is 11.1. The van der Waals surface area contributed by atoms with E-state index in [0.717, 1.165) is 11.2 Å². The number of pyridine rings is 1. The fourth-order valence-electron chi connectivity index (χ4n) is 3.38. The van der Waals surface area contributed by atoms with Crippen molar-refractivity contribution >= 4 is 27.5 Å². The van der Waals surface area contributed by atoms with Crippen molar-refractivity contribution in [1.82, 2.24) is 9.38 Å². The zero-order chi connectivity index (χ0) is 16.4. The average Bonchev–Trinajstić information content (AvgIpc) is 2.84. The third-order valence-electron chi connectivity index (χ3n) is 4.83. The molecule has 0 aliphatic rings. The van der Waals surface area contributed by atoms with Crippen LogP contribution < -0.4 is 0 Å². The molecule has 0 unspecified atom stereocenters. The molecule has 2 heteroatoms. The molecule has 0 saturated heterocycles. The van der Waals surface area contributed by atoms with E-state index in [1.807, 2.05) is 0 Å². The summed E-state index contributed by atoms with van der Waals surface area (Å²) >= 11 is 0. The van der Waals surface area contributed by atoms with Crippen molar-refractivity contribution in [2.45, 2.75) is 40.0 Å². The van der Waals surface area contributed by atoms with Crippen LogP contribution >= 0.6 is 0 Å². The van der Waals surface area contributed by atoms with E-state index < -0.39 is 0 Å². The van der Waals surface area contributed by atoms with Crippen LogP contribution in [0.2, 0.25) is 0 Å². The van der Waals surface area contributed by atoms with Crippen molar-refractivity contribution in [2.24, 2.45) is 0 Å². The summed E-state index contributed by atoms with van der Waals surface area (Å²) in [6.07, 6.45) is 2.28. The minimum atomic E-state index is 0.0874. The van der Waals surface area contributed by atoms with Gasteiger partial charge in [-0.05, 0) is 53.5 Å². The van der Waals surface area contributed by atoms with Crippen LogP contribution in [-0.4, -0.2) is 9.38 Å². The van der Waals surface area contributed by atoms with Crippen LogP contribution in [0.3, 0.4) is 0 Å². The van der Waals surface area contributed by atoms with Gasteiger partial charge >= 0.3 is 0 Å². The first-order valence-corrected chi connectivity index (χ1v) is 8.17. The molecular formula is C21H22N2. The van der Waals surface area contributed by atoms with Gasteiger partial charge < -0.3 is 0 Å². The minimum Gasteiger partial charge on any atom is -0.299 e. The van der Waals surface area contributed by atoms with Crippen LogP contribution in [0.4, 0.5) is 0 Å². The van der Waals surface area contributed by atoms with Crippen molar-refractivity contribution in [1.29, 1.82) is 0 Å². The number of aryl methyl sites for hydroxylation is 2. The molecule has 0 saturated carbocycles. The molecule has 0 N–H and O–H groups in total. The normalized spacial score (nSPS) is 12.6. The Morgan fingerprint density at radius 2 is 1.57 bits per heavy atom. The maximum Gasteiger partial charge on any atom is 0.145 e. The minimum absolute atomic E-state index is 0.0874. The maximum atomic E-state index is 4.93. The number of aromatic nitrogens is 2. The quantitative estimate of drug-likeness (QED) is 0.416. The first kappa shape index (κ1) is 14.3. The Hall–Kier alpha value is -2.35. The summed E-state index contributed by atoms with van der Waals surface area (Å²) in [5.41, 5.74) is 7.37. The Morgan fingerprint density at radius 3 is 2.26 bits per heavy atom. The molecule has 0 fully saturated rings. The number of imidazole rings is 1. The number of rotatable bonds is 0. The van der Waals surface area contributed by atoms with Crippen LogP contribution in [0.1, 0.15) is 37.5 Å². The second kappa shape index (κ2) is 4.58. The second-order valence-electron chi connectivity index (χ2n) is 7.57. The predicted octanol–water partition coefficient (Wildman–Crippen LogP) is 5.56. The Balaban J connectivity index is 2.27. The number of nitrogens with zero attached hydrogens (tertiary/aromatic N) is 2. The summed E-state index contributed by atoms with van der Waals surface area (Å²) in [6, 6.07) is 13.1. The van der Waals surface area contributed by atoms with Crippen LogP contribution in [0.15, 0.2) is 42.6 Å². The highest BCUT2D eigenvalue weighted by molar-refractivity contribution is 6.00. The third kappa shape index (κ3) is 2.05. The van der Waals surface area contributed by atoms with E-state index in [-0.39, 0.29) is 5.41 Å². The Bertz CT molecular complexity index is 1060. The molecule has 2 nitrogen and oxygen atoms in total. The molecule has 0 atom stereocenters. The molecule has 0 aliphatic heterocycles. The van der Waals surface area contributed by atoms with Crippen molar-refractivity contribution in [2.75, 3.05) is 0 Å². The lowest BCUT2D eigenvalue weighted by Crippen LogP contribution is -2.13. The van der Waals surface area contributed by atoms with Crippen LogP contribution in [0, 0.1) is 13.8 Å². The highest BCUT2D eigenvalue weighted by Crippen LogP contribution is 2.34. The largest absolute Gasteiger partial charge is 0.299 e. The molecule has 4 rings (SSSR count). The standard InChI is InChI=1S/C21H22N2/c1-13-10-18-19(11-14(13)2)23-12-17(21(3,4)5)15-8-6-7-9-16(15)20(23)22-18/h6-12H,1-5H3. The first-order valence-electron chi connectivity index (χ1n) is 8.17. The highest BCUT2D eigenvalue weighted by atomic mass is 15.0. The van der Waals surface area contributed by atoms with Crippen LogP contribution in [0.25, 0.3) is 27.5 Å². The fourth-order valence-corrected chi connectivity index (χ4v) is 3.38. The molecule has 0 bridgehead atoms. The topological polar surface area (TPSA) is 17.3 Å². The van der Waals surface area contributed by atoms with Gasteiger partial charge in [-0.25, -0.2) is 4.98 Å². The lowest BCUT2D eigenvalue weighted by Gasteiger charge is -2.22. The Morgan fingerprint density at radius 1 is 0.913 bits per heavy atom. The van der Waals surface area contributed by atoms with Gasteiger partial charge in [-0.15, -0.1) is 0 Å². The van der Waals surface area contributed by atoms with Crippen molar-refractivity contribution in [3.05, 3.63) is 59.3 Å². The van der Waals surface area contributed by atoms with E-state index in [1.54, 1.807) is 0 Å². The third-order valence-corrected chi connectivity index (χ3v) is 4.83. The zero-order valence-electron chi connectivity index (χ0n) is 14.4. The van der Waals surface area contributed by atoms with Crippen LogP contribution in [-0.2, 0) is 5.41 Å². The maximum absolute atomic E-state index is 4.93. The number of hydrogen-bond acceptors (Lipinski definition) is 1. The molecule has 0 spiro atoms. The Labute approximate surface area is 136 Å². The van der Waals surface area contributed by atoms with E-state index in [2.05, 4.69) is 81.6 Å². The van der Waals surface area contributed by atoms with Crippen molar-refractivity contribution in [3.8, 4) is 0 Å². The van der Waals surface area contributed by atoms with Gasteiger partial charge in [0.05, 0.1) is 11.0 Å². The fraction of sp³-hybridized carbons (Fsp3) is 0.286. The molecule has 2 aromatic carbocycles. The molecular weight excluding hydrogens is 280 g/mol. The lowest BCUT2D eigenvalue weighted by molar-refractivity contribution is 0.593. The van der Waals surface area contributed by atoms with Gasteiger partial charge in [-0.2, -0.15) is 0 Å². The molecule has 2 heterocycles. The van der Waals surface area contributed by atoms with Gasteiger partial charge in [0, 0.05) is 11.6 Å². The SMILES string of the molecule is Cc1cc2nc3c4ccccc4c(C(C)(C)C)cn3c2cc1C. The summed E-state index contributed by atoms with van der Waals surface area (Å²) < 4.78 is 2.27. The van der Waals surface area contributed by atoms with E-state index in [1.165, 1.54) is 33.0 Å².